The van der Waals surface area contributed by atoms with E-state index in [4.69, 9.17) is 4.74 Å². The minimum Gasteiger partial charge on any atom is -0.377 e. The maximum Gasteiger partial charge on any atom is 0.257 e. The lowest BCUT2D eigenvalue weighted by Crippen LogP contribution is -2.11. The number of hydrogen-bond acceptors (Lipinski definition) is 7. The van der Waals surface area contributed by atoms with Crippen molar-refractivity contribution in [2.24, 2.45) is 0 Å². The Bertz CT molecular complexity index is 754. The molecule has 1 N–H and O–H groups in total. The number of amides is 1. The van der Waals surface area contributed by atoms with Gasteiger partial charge in [0.25, 0.3) is 5.91 Å². The zero-order valence-corrected chi connectivity index (χ0v) is 13.7. The third kappa shape index (κ3) is 4.86. The Morgan fingerprint density at radius 3 is 2.55 bits per heavy atom. The first-order chi connectivity index (χ1) is 10.4. The lowest BCUT2D eigenvalue weighted by atomic mass is 10.1. The van der Waals surface area contributed by atoms with Gasteiger partial charge < -0.3 is 4.74 Å². The van der Waals surface area contributed by atoms with E-state index in [0.717, 1.165) is 0 Å². The summed E-state index contributed by atoms with van der Waals surface area (Å²) in [5, 5.41) is 11.4. The fourth-order valence-corrected chi connectivity index (χ4v) is 3.22. The fraction of sp³-hybridized carbons (Fsp3) is 0.308. The van der Waals surface area contributed by atoms with Crippen molar-refractivity contribution in [1.82, 2.24) is 10.2 Å². The van der Waals surface area contributed by atoms with E-state index in [1.165, 1.54) is 17.6 Å². The van der Waals surface area contributed by atoms with Crippen molar-refractivity contribution in [3.8, 4) is 0 Å². The van der Waals surface area contributed by atoms with Crippen LogP contribution in [0.4, 0.5) is 5.13 Å². The Labute approximate surface area is 132 Å². The number of nitrogens with one attached hydrogen (secondary N) is 1. The SMILES string of the molecule is COCc1nnc(NC(=O)c2ccc(CS(C)(=O)=O)cc2)s1. The van der Waals surface area contributed by atoms with Gasteiger partial charge in [0.2, 0.25) is 5.13 Å². The molecule has 7 nitrogen and oxygen atoms in total. The average molecular weight is 341 g/mol. The Morgan fingerprint density at radius 1 is 1.27 bits per heavy atom. The zero-order valence-electron chi connectivity index (χ0n) is 12.1. The molecule has 0 unspecified atom stereocenters. The summed E-state index contributed by atoms with van der Waals surface area (Å²) in [6.07, 6.45) is 1.17. The molecule has 0 aliphatic heterocycles. The summed E-state index contributed by atoms with van der Waals surface area (Å²) in [6, 6.07) is 6.39. The largest absolute Gasteiger partial charge is 0.377 e. The molecule has 0 aliphatic carbocycles. The molecular weight excluding hydrogens is 326 g/mol. The van der Waals surface area contributed by atoms with Crippen LogP contribution in [0.2, 0.25) is 0 Å². The summed E-state index contributed by atoms with van der Waals surface area (Å²) < 4.78 is 27.4. The standard InChI is InChI=1S/C13H15N3O4S2/c1-20-7-11-15-16-13(21-11)14-12(17)10-5-3-9(4-6-10)8-22(2,18)19/h3-6H,7-8H2,1-2H3,(H,14,16,17). The second kappa shape index (κ2) is 6.95. The van der Waals surface area contributed by atoms with Gasteiger partial charge in [-0.3, -0.25) is 10.1 Å². The maximum atomic E-state index is 12.1. The van der Waals surface area contributed by atoms with E-state index >= 15 is 0 Å². The van der Waals surface area contributed by atoms with Crippen LogP contribution < -0.4 is 5.32 Å². The summed E-state index contributed by atoms with van der Waals surface area (Å²) in [5.74, 6) is -0.378. The van der Waals surface area contributed by atoms with E-state index in [0.29, 0.717) is 27.9 Å². The van der Waals surface area contributed by atoms with Gasteiger partial charge in [-0.25, -0.2) is 8.42 Å². The topological polar surface area (TPSA) is 98.2 Å². The van der Waals surface area contributed by atoms with Gasteiger partial charge in [-0.2, -0.15) is 0 Å². The highest BCUT2D eigenvalue weighted by Crippen LogP contribution is 2.17. The highest BCUT2D eigenvalue weighted by atomic mass is 32.2. The Hall–Kier alpha value is -1.84. The number of carbonyl (C=O) groups excluding carboxylic acids is 1. The summed E-state index contributed by atoms with van der Waals surface area (Å²) in [7, 11) is -1.54. The first kappa shape index (κ1) is 16.5. The van der Waals surface area contributed by atoms with Gasteiger partial charge in [0.15, 0.2) is 9.84 Å². The fourth-order valence-electron chi connectivity index (χ4n) is 1.71. The van der Waals surface area contributed by atoms with Crippen LogP contribution in [-0.4, -0.2) is 37.9 Å². The van der Waals surface area contributed by atoms with Crippen molar-refractivity contribution in [2.45, 2.75) is 12.4 Å². The van der Waals surface area contributed by atoms with Gasteiger partial charge >= 0.3 is 0 Å². The first-order valence-corrected chi connectivity index (χ1v) is 9.14. The van der Waals surface area contributed by atoms with Gasteiger partial charge in [0.1, 0.15) is 11.6 Å². The van der Waals surface area contributed by atoms with Gasteiger partial charge in [0, 0.05) is 18.9 Å². The molecule has 0 aliphatic rings. The minimum absolute atomic E-state index is 0.0499. The molecule has 0 spiro atoms. The molecule has 0 saturated carbocycles. The van der Waals surface area contributed by atoms with E-state index in [-0.39, 0.29) is 11.7 Å². The molecule has 1 aromatic carbocycles. The molecule has 1 heterocycles. The molecule has 1 aromatic heterocycles. The lowest BCUT2D eigenvalue weighted by molar-refractivity contribution is 0.102. The monoisotopic (exact) mass is 341 g/mol. The van der Waals surface area contributed by atoms with Crippen LogP contribution in [0.3, 0.4) is 0 Å². The third-order valence-electron chi connectivity index (χ3n) is 2.60. The van der Waals surface area contributed by atoms with Gasteiger partial charge in [-0.1, -0.05) is 23.5 Å². The molecule has 0 radical (unpaired) electrons. The number of rotatable bonds is 6. The molecular formula is C13H15N3O4S2. The van der Waals surface area contributed by atoms with Crippen LogP contribution in [0.15, 0.2) is 24.3 Å². The number of benzene rings is 1. The molecule has 22 heavy (non-hydrogen) atoms. The molecule has 9 heteroatoms. The smallest absolute Gasteiger partial charge is 0.257 e. The normalized spacial score (nSPS) is 11.4. The van der Waals surface area contributed by atoms with Gasteiger partial charge in [0.05, 0.1) is 5.75 Å². The maximum absolute atomic E-state index is 12.1. The third-order valence-corrected chi connectivity index (χ3v) is 4.27. The number of ether oxygens (including phenoxy) is 1. The number of aromatic nitrogens is 2. The van der Waals surface area contributed by atoms with E-state index < -0.39 is 9.84 Å². The van der Waals surface area contributed by atoms with Crippen LogP contribution in [-0.2, 0) is 26.9 Å². The van der Waals surface area contributed by atoms with Crippen molar-refractivity contribution in [2.75, 3.05) is 18.7 Å². The van der Waals surface area contributed by atoms with Crippen molar-refractivity contribution in [3.05, 3.63) is 40.4 Å². The number of hydrogen-bond donors (Lipinski definition) is 1. The molecule has 0 atom stereocenters. The molecule has 118 valence electrons. The molecule has 0 fully saturated rings. The number of sulfone groups is 1. The average Bonchev–Trinajstić information content (AvgIpc) is 2.85. The van der Waals surface area contributed by atoms with Crippen molar-refractivity contribution in [1.29, 1.82) is 0 Å². The van der Waals surface area contributed by atoms with Crippen LogP contribution in [0.1, 0.15) is 20.9 Å². The quantitative estimate of drug-likeness (QED) is 0.854. The molecule has 2 aromatic rings. The lowest BCUT2D eigenvalue weighted by Gasteiger charge is -2.03. The van der Waals surface area contributed by atoms with Crippen molar-refractivity contribution < 1.29 is 17.9 Å². The molecule has 0 saturated heterocycles. The van der Waals surface area contributed by atoms with Crippen LogP contribution >= 0.6 is 11.3 Å². The Morgan fingerprint density at radius 2 is 1.95 bits per heavy atom. The zero-order chi connectivity index (χ0) is 16.2. The number of carbonyl (C=O) groups is 1. The van der Waals surface area contributed by atoms with E-state index in [1.54, 1.807) is 31.4 Å². The van der Waals surface area contributed by atoms with Crippen molar-refractivity contribution in [3.63, 3.8) is 0 Å². The van der Waals surface area contributed by atoms with Crippen LogP contribution in [0.5, 0.6) is 0 Å². The molecule has 1 amide bonds. The second-order valence-corrected chi connectivity index (χ2v) is 7.86. The number of anilines is 1. The van der Waals surface area contributed by atoms with E-state index in [2.05, 4.69) is 15.5 Å². The Balaban J connectivity index is 2.03. The van der Waals surface area contributed by atoms with E-state index in [9.17, 15) is 13.2 Å². The summed E-state index contributed by atoms with van der Waals surface area (Å²) >= 11 is 1.23. The van der Waals surface area contributed by atoms with E-state index in [1.807, 2.05) is 0 Å². The van der Waals surface area contributed by atoms with Gasteiger partial charge in [-0.05, 0) is 17.7 Å². The predicted molar refractivity (Wildman–Crippen MR) is 83.6 cm³/mol. The number of nitrogens with zero attached hydrogens (tertiary/aromatic N) is 2. The Kier molecular flexibility index (Phi) is 5.22. The highest BCUT2D eigenvalue weighted by molar-refractivity contribution is 7.89. The summed E-state index contributed by atoms with van der Waals surface area (Å²) in [6.45, 7) is 0.341. The summed E-state index contributed by atoms with van der Waals surface area (Å²) in [4.78, 5) is 12.1. The molecule has 2 rings (SSSR count). The highest BCUT2D eigenvalue weighted by Gasteiger charge is 2.11. The predicted octanol–water partition coefficient (Wildman–Crippen LogP) is 1.48. The number of methoxy groups -OCH3 is 1. The van der Waals surface area contributed by atoms with Crippen LogP contribution in [0.25, 0.3) is 0 Å². The second-order valence-electron chi connectivity index (χ2n) is 4.66. The van der Waals surface area contributed by atoms with Crippen LogP contribution in [0, 0.1) is 0 Å². The minimum atomic E-state index is -3.09. The van der Waals surface area contributed by atoms with Crippen molar-refractivity contribution >= 4 is 32.2 Å². The first-order valence-electron chi connectivity index (χ1n) is 6.27. The molecule has 0 bridgehead atoms. The summed E-state index contributed by atoms with van der Waals surface area (Å²) in [5.41, 5.74) is 1.05. The van der Waals surface area contributed by atoms with Gasteiger partial charge in [-0.15, -0.1) is 10.2 Å².